The molecule has 0 aliphatic carbocycles. The van der Waals surface area contributed by atoms with Gasteiger partial charge in [0.15, 0.2) is 11.5 Å². The Morgan fingerprint density at radius 2 is 2.07 bits per heavy atom. The molecule has 0 spiro atoms. The number of benzene rings is 2. The van der Waals surface area contributed by atoms with Gasteiger partial charge >= 0.3 is 0 Å². The van der Waals surface area contributed by atoms with Gasteiger partial charge in [-0.25, -0.2) is 5.43 Å². The highest BCUT2D eigenvalue weighted by molar-refractivity contribution is 9.10. The van der Waals surface area contributed by atoms with Gasteiger partial charge in [-0.2, -0.15) is 5.10 Å². The van der Waals surface area contributed by atoms with Gasteiger partial charge in [-0.3, -0.25) is 9.59 Å². The third-order valence-corrected chi connectivity index (χ3v) is 4.79. The van der Waals surface area contributed by atoms with Crippen LogP contribution in [0.5, 0.6) is 11.5 Å². The monoisotopic (exact) mass is 431 g/mol. The van der Waals surface area contributed by atoms with Crippen LogP contribution in [0.2, 0.25) is 0 Å². The molecule has 1 aliphatic rings. The first kappa shape index (κ1) is 18.9. The van der Waals surface area contributed by atoms with E-state index in [0.29, 0.717) is 17.9 Å². The molecule has 27 heavy (non-hydrogen) atoms. The number of amides is 2. The number of phenols is 1. The Kier molecular flexibility index (Phi) is 5.75. The van der Waals surface area contributed by atoms with E-state index >= 15 is 0 Å². The number of rotatable bonds is 5. The van der Waals surface area contributed by atoms with Crippen molar-refractivity contribution in [3.8, 4) is 11.5 Å². The van der Waals surface area contributed by atoms with Crippen LogP contribution in [0.25, 0.3) is 0 Å². The van der Waals surface area contributed by atoms with E-state index in [1.54, 1.807) is 23.1 Å². The maximum Gasteiger partial charge on any atom is 0.245 e. The van der Waals surface area contributed by atoms with E-state index < -0.39 is 5.92 Å². The minimum atomic E-state index is -0.489. The van der Waals surface area contributed by atoms with Gasteiger partial charge in [-0.05, 0) is 36.4 Å². The van der Waals surface area contributed by atoms with E-state index in [2.05, 4.69) is 26.5 Å². The first-order valence-corrected chi connectivity index (χ1v) is 9.03. The molecule has 2 aromatic carbocycles. The lowest BCUT2D eigenvalue weighted by Crippen LogP contribution is -2.30. The van der Waals surface area contributed by atoms with Crippen LogP contribution < -0.4 is 15.1 Å². The van der Waals surface area contributed by atoms with Crippen LogP contribution in [-0.2, 0) is 9.59 Å². The van der Waals surface area contributed by atoms with Crippen molar-refractivity contribution in [1.82, 2.24) is 5.43 Å². The van der Waals surface area contributed by atoms with E-state index in [9.17, 15) is 14.7 Å². The summed E-state index contributed by atoms with van der Waals surface area (Å²) in [5.74, 6) is -0.682. The van der Waals surface area contributed by atoms with Crippen LogP contribution >= 0.6 is 15.9 Å². The molecule has 0 saturated carbocycles. The Balaban J connectivity index is 1.62. The summed E-state index contributed by atoms with van der Waals surface area (Å²) < 4.78 is 5.94. The summed E-state index contributed by atoms with van der Waals surface area (Å²) >= 11 is 3.36. The maximum atomic E-state index is 12.3. The molecule has 2 aromatic rings. The average molecular weight is 432 g/mol. The van der Waals surface area contributed by atoms with Gasteiger partial charge in [0.2, 0.25) is 11.8 Å². The van der Waals surface area contributed by atoms with Crippen molar-refractivity contribution in [3.05, 3.63) is 52.5 Å². The van der Waals surface area contributed by atoms with Crippen LogP contribution in [0.15, 0.2) is 52.0 Å². The van der Waals surface area contributed by atoms with Gasteiger partial charge in [0.25, 0.3) is 0 Å². The molecule has 1 saturated heterocycles. The number of hydrogen-bond acceptors (Lipinski definition) is 5. The molecular weight excluding hydrogens is 414 g/mol. The lowest BCUT2D eigenvalue weighted by atomic mass is 10.1. The molecule has 140 valence electrons. The molecule has 0 unspecified atom stereocenters. The molecule has 0 radical (unpaired) electrons. The van der Waals surface area contributed by atoms with Crippen LogP contribution in [0, 0.1) is 5.92 Å². The number of carbonyl (C=O) groups is 2. The number of nitrogens with one attached hydrogen (secondary N) is 1. The molecule has 1 atom stereocenters. The summed E-state index contributed by atoms with van der Waals surface area (Å²) in [5.41, 5.74) is 3.60. The SMILES string of the molecule is COc1cccc(/C=N\NC(=O)[C@@H]2CC(=O)N(c3ccc(Br)cc3)C2)c1O. The van der Waals surface area contributed by atoms with Crippen molar-refractivity contribution in [2.24, 2.45) is 11.0 Å². The van der Waals surface area contributed by atoms with E-state index in [0.717, 1.165) is 10.2 Å². The molecule has 1 aliphatic heterocycles. The zero-order chi connectivity index (χ0) is 19.4. The molecule has 7 nitrogen and oxygen atoms in total. The fourth-order valence-corrected chi connectivity index (χ4v) is 3.08. The lowest BCUT2D eigenvalue weighted by Gasteiger charge is -2.16. The number of hydrogen-bond donors (Lipinski definition) is 2. The van der Waals surface area contributed by atoms with Gasteiger partial charge in [-0.15, -0.1) is 0 Å². The Labute approximate surface area is 164 Å². The summed E-state index contributed by atoms with van der Waals surface area (Å²) in [4.78, 5) is 26.1. The summed E-state index contributed by atoms with van der Waals surface area (Å²) in [6, 6.07) is 12.3. The highest BCUT2D eigenvalue weighted by Crippen LogP contribution is 2.28. The second-order valence-corrected chi connectivity index (χ2v) is 6.93. The van der Waals surface area contributed by atoms with E-state index in [1.165, 1.54) is 13.3 Å². The number of halogens is 1. The topological polar surface area (TPSA) is 91.2 Å². The van der Waals surface area contributed by atoms with Crippen molar-refractivity contribution in [2.45, 2.75) is 6.42 Å². The molecule has 1 fully saturated rings. The number of methoxy groups -OCH3 is 1. The Hall–Kier alpha value is -2.87. The van der Waals surface area contributed by atoms with E-state index in [-0.39, 0.29) is 24.0 Å². The molecule has 1 heterocycles. The number of anilines is 1. The zero-order valence-electron chi connectivity index (χ0n) is 14.6. The zero-order valence-corrected chi connectivity index (χ0v) is 16.1. The normalized spacial score (nSPS) is 16.7. The summed E-state index contributed by atoms with van der Waals surface area (Å²) in [7, 11) is 1.45. The Bertz CT molecular complexity index is 883. The van der Waals surface area contributed by atoms with Gasteiger partial charge in [-0.1, -0.05) is 22.0 Å². The smallest absolute Gasteiger partial charge is 0.245 e. The lowest BCUT2D eigenvalue weighted by molar-refractivity contribution is -0.126. The number of phenolic OH excluding ortho intramolecular Hbond substituents is 1. The summed E-state index contributed by atoms with van der Waals surface area (Å²) in [6.07, 6.45) is 1.46. The highest BCUT2D eigenvalue weighted by Gasteiger charge is 2.35. The Morgan fingerprint density at radius 3 is 2.78 bits per heavy atom. The second kappa shape index (κ2) is 8.22. The summed E-state index contributed by atoms with van der Waals surface area (Å²) in [6.45, 7) is 0.298. The molecular formula is C19H18BrN3O4. The summed E-state index contributed by atoms with van der Waals surface area (Å²) in [5, 5.41) is 13.9. The van der Waals surface area contributed by atoms with Crippen LogP contribution in [0.1, 0.15) is 12.0 Å². The van der Waals surface area contributed by atoms with Crippen molar-refractivity contribution < 1.29 is 19.4 Å². The van der Waals surface area contributed by atoms with Crippen molar-refractivity contribution in [1.29, 1.82) is 0 Å². The molecule has 8 heteroatoms. The Morgan fingerprint density at radius 1 is 1.33 bits per heavy atom. The molecule has 0 bridgehead atoms. The van der Waals surface area contributed by atoms with Gasteiger partial charge in [0.05, 0.1) is 19.2 Å². The number of hydrazone groups is 1. The van der Waals surface area contributed by atoms with Crippen LogP contribution in [-0.4, -0.2) is 36.8 Å². The van der Waals surface area contributed by atoms with Crippen molar-refractivity contribution >= 4 is 39.6 Å². The van der Waals surface area contributed by atoms with E-state index in [4.69, 9.17) is 4.74 Å². The number of carbonyl (C=O) groups excluding carboxylic acids is 2. The first-order chi connectivity index (χ1) is 13.0. The molecule has 0 aromatic heterocycles. The average Bonchev–Trinajstić information content (AvgIpc) is 3.05. The molecule has 3 rings (SSSR count). The number of ether oxygens (including phenoxy) is 1. The van der Waals surface area contributed by atoms with Crippen LogP contribution in [0.4, 0.5) is 5.69 Å². The predicted molar refractivity (Wildman–Crippen MR) is 105 cm³/mol. The highest BCUT2D eigenvalue weighted by atomic mass is 79.9. The number of nitrogens with zero attached hydrogens (tertiary/aromatic N) is 2. The molecule has 2 N–H and O–H groups in total. The first-order valence-electron chi connectivity index (χ1n) is 8.24. The van der Waals surface area contributed by atoms with E-state index in [1.807, 2.05) is 24.3 Å². The second-order valence-electron chi connectivity index (χ2n) is 6.01. The minimum Gasteiger partial charge on any atom is -0.504 e. The van der Waals surface area contributed by atoms with Crippen molar-refractivity contribution in [3.63, 3.8) is 0 Å². The number of aromatic hydroxyl groups is 1. The third kappa shape index (κ3) is 4.28. The minimum absolute atomic E-state index is 0.0598. The van der Waals surface area contributed by atoms with Gasteiger partial charge in [0, 0.05) is 28.7 Å². The predicted octanol–water partition coefficient (Wildman–Crippen LogP) is 2.67. The molecule has 2 amide bonds. The van der Waals surface area contributed by atoms with Crippen LogP contribution in [0.3, 0.4) is 0 Å². The fraction of sp³-hybridized carbons (Fsp3) is 0.211. The number of para-hydroxylation sites is 1. The van der Waals surface area contributed by atoms with Gasteiger partial charge < -0.3 is 14.7 Å². The van der Waals surface area contributed by atoms with Crippen molar-refractivity contribution in [2.75, 3.05) is 18.6 Å². The largest absolute Gasteiger partial charge is 0.504 e. The third-order valence-electron chi connectivity index (χ3n) is 4.26. The fourth-order valence-electron chi connectivity index (χ4n) is 2.82. The standard InChI is InChI=1S/C19H18BrN3O4/c1-27-16-4-2-3-12(18(16)25)10-21-22-19(26)13-9-17(24)23(11-13)15-7-5-14(20)6-8-15/h2-8,10,13,25H,9,11H2,1H3,(H,22,26)/b21-10-/t13-/m1/s1. The quantitative estimate of drug-likeness (QED) is 0.562. The maximum absolute atomic E-state index is 12.3. The van der Waals surface area contributed by atoms with Gasteiger partial charge in [0.1, 0.15) is 0 Å².